The van der Waals surface area contributed by atoms with Crippen molar-refractivity contribution in [3.63, 3.8) is 0 Å². The van der Waals surface area contributed by atoms with E-state index in [2.05, 4.69) is 60.4 Å². The summed E-state index contributed by atoms with van der Waals surface area (Å²) in [4.78, 5) is 4.44. The third kappa shape index (κ3) is 1.39. The van der Waals surface area contributed by atoms with Crippen LogP contribution in [-0.4, -0.2) is 18.1 Å². The monoisotopic (exact) mass is 174 g/mol. The van der Waals surface area contributed by atoms with Gasteiger partial charge in [0, 0.05) is 25.1 Å². The lowest BCUT2D eigenvalue weighted by Crippen LogP contribution is -2.33. The van der Waals surface area contributed by atoms with Gasteiger partial charge in [-0.1, -0.05) is 18.2 Å². The van der Waals surface area contributed by atoms with Gasteiger partial charge in [-0.2, -0.15) is 0 Å². The van der Waals surface area contributed by atoms with Gasteiger partial charge in [-0.15, -0.1) is 0 Å². The molecule has 1 atom stereocenters. The Kier molecular flexibility index (Phi) is 1.97. The van der Waals surface area contributed by atoms with Gasteiger partial charge in [0.15, 0.2) is 0 Å². The van der Waals surface area contributed by atoms with Crippen LogP contribution in [0.25, 0.3) is 0 Å². The van der Waals surface area contributed by atoms with Gasteiger partial charge in [-0.25, -0.2) is 0 Å². The SMILES string of the molecule is C[C@@H]1N(C)C=CN1c1ccccc1. The first-order valence-corrected chi connectivity index (χ1v) is 4.52. The lowest BCUT2D eigenvalue weighted by Gasteiger charge is -2.26. The molecule has 0 spiro atoms. The average molecular weight is 174 g/mol. The minimum absolute atomic E-state index is 0.419. The zero-order valence-corrected chi connectivity index (χ0v) is 8.01. The summed E-state index contributed by atoms with van der Waals surface area (Å²) >= 11 is 0. The second kappa shape index (κ2) is 3.13. The molecule has 1 aliphatic rings. The molecule has 0 saturated carbocycles. The van der Waals surface area contributed by atoms with Gasteiger partial charge in [0.05, 0.1) is 0 Å². The molecule has 0 radical (unpaired) electrons. The Hall–Kier alpha value is -1.44. The van der Waals surface area contributed by atoms with Gasteiger partial charge in [-0.05, 0) is 19.1 Å². The van der Waals surface area contributed by atoms with Gasteiger partial charge < -0.3 is 9.80 Å². The molecule has 0 unspecified atom stereocenters. The van der Waals surface area contributed by atoms with Gasteiger partial charge in [0.25, 0.3) is 0 Å². The summed E-state index contributed by atoms with van der Waals surface area (Å²) in [5.41, 5.74) is 1.25. The first kappa shape index (κ1) is 8.17. The van der Waals surface area contributed by atoms with Crippen molar-refractivity contribution < 1.29 is 0 Å². The van der Waals surface area contributed by atoms with Crippen molar-refractivity contribution in [3.05, 3.63) is 42.7 Å². The second-order valence-corrected chi connectivity index (χ2v) is 3.34. The molecule has 0 N–H and O–H groups in total. The van der Waals surface area contributed by atoms with Crippen LogP contribution >= 0.6 is 0 Å². The highest BCUT2D eigenvalue weighted by atomic mass is 15.4. The Balaban J connectivity index is 2.24. The van der Waals surface area contributed by atoms with Crippen LogP contribution < -0.4 is 4.90 Å². The predicted octanol–water partition coefficient (Wildman–Crippen LogP) is 2.26. The van der Waals surface area contributed by atoms with E-state index in [4.69, 9.17) is 0 Å². The Labute approximate surface area is 79.1 Å². The number of hydrogen-bond donors (Lipinski definition) is 0. The van der Waals surface area contributed by atoms with Crippen molar-refractivity contribution in [2.75, 3.05) is 11.9 Å². The first-order chi connectivity index (χ1) is 6.29. The molecule has 2 heteroatoms. The molecule has 0 aliphatic carbocycles. The molecular formula is C11H14N2. The Morgan fingerprint density at radius 3 is 2.31 bits per heavy atom. The van der Waals surface area contributed by atoms with Crippen LogP contribution in [0.4, 0.5) is 5.69 Å². The summed E-state index contributed by atoms with van der Waals surface area (Å²) in [5, 5.41) is 0. The molecule has 0 fully saturated rings. The second-order valence-electron chi connectivity index (χ2n) is 3.34. The topological polar surface area (TPSA) is 6.48 Å². The van der Waals surface area contributed by atoms with E-state index in [-0.39, 0.29) is 0 Å². The standard InChI is InChI=1S/C11H14N2/c1-10-12(2)8-9-13(10)11-6-4-3-5-7-11/h3-10H,1-2H3/t10-/m1/s1. The van der Waals surface area contributed by atoms with E-state index >= 15 is 0 Å². The van der Waals surface area contributed by atoms with E-state index < -0.39 is 0 Å². The number of para-hydroxylation sites is 1. The molecule has 0 amide bonds. The van der Waals surface area contributed by atoms with E-state index in [1.54, 1.807) is 0 Å². The van der Waals surface area contributed by atoms with Gasteiger partial charge >= 0.3 is 0 Å². The van der Waals surface area contributed by atoms with Crippen molar-refractivity contribution in [1.29, 1.82) is 0 Å². The van der Waals surface area contributed by atoms with Crippen LogP contribution in [0.3, 0.4) is 0 Å². The Morgan fingerprint density at radius 2 is 1.77 bits per heavy atom. The molecule has 2 rings (SSSR count). The summed E-state index contributed by atoms with van der Waals surface area (Å²) in [7, 11) is 2.09. The lowest BCUT2D eigenvalue weighted by atomic mass is 10.3. The van der Waals surface area contributed by atoms with Crippen molar-refractivity contribution in [2.45, 2.75) is 13.1 Å². The molecule has 68 valence electrons. The zero-order valence-electron chi connectivity index (χ0n) is 8.01. The third-order valence-corrected chi connectivity index (χ3v) is 2.51. The van der Waals surface area contributed by atoms with Crippen molar-refractivity contribution in [3.8, 4) is 0 Å². The highest BCUT2D eigenvalue weighted by molar-refractivity contribution is 5.51. The third-order valence-electron chi connectivity index (χ3n) is 2.51. The van der Waals surface area contributed by atoms with E-state index in [0.717, 1.165) is 0 Å². The van der Waals surface area contributed by atoms with Crippen LogP contribution in [0.15, 0.2) is 42.7 Å². The maximum atomic E-state index is 2.25. The summed E-state index contributed by atoms with van der Waals surface area (Å²) in [6.45, 7) is 2.19. The van der Waals surface area contributed by atoms with E-state index in [1.165, 1.54) is 5.69 Å². The predicted molar refractivity (Wildman–Crippen MR) is 55.3 cm³/mol. The maximum Gasteiger partial charge on any atom is 0.102 e. The molecular weight excluding hydrogens is 160 g/mol. The highest BCUT2D eigenvalue weighted by Crippen LogP contribution is 2.22. The highest BCUT2D eigenvalue weighted by Gasteiger charge is 2.19. The largest absolute Gasteiger partial charge is 0.359 e. The van der Waals surface area contributed by atoms with E-state index in [9.17, 15) is 0 Å². The lowest BCUT2D eigenvalue weighted by molar-refractivity contribution is 0.383. The van der Waals surface area contributed by atoms with E-state index in [0.29, 0.717) is 6.17 Å². The zero-order chi connectivity index (χ0) is 9.26. The summed E-state index contributed by atoms with van der Waals surface area (Å²) in [6, 6.07) is 10.4. The minimum atomic E-state index is 0.419. The van der Waals surface area contributed by atoms with Crippen LogP contribution in [-0.2, 0) is 0 Å². The van der Waals surface area contributed by atoms with Crippen LogP contribution in [0.1, 0.15) is 6.92 Å². The van der Waals surface area contributed by atoms with Crippen molar-refractivity contribution >= 4 is 5.69 Å². The van der Waals surface area contributed by atoms with Crippen molar-refractivity contribution in [1.82, 2.24) is 4.90 Å². The van der Waals surface area contributed by atoms with Crippen molar-refractivity contribution in [2.24, 2.45) is 0 Å². The maximum absolute atomic E-state index is 2.25. The van der Waals surface area contributed by atoms with Crippen LogP contribution in [0, 0.1) is 0 Å². The fourth-order valence-electron chi connectivity index (χ4n) is 1.52. The quantitative estimate of drug-likeness (QED) is 0.644. The normalized spacial score (nSPS) is 21.2. The van der Waals surface area contributed by atoms with Crippen LogP contribution in [0.5, 0.6) is 0 Å². The number of anilines is 1. The molecule has 1 aromatic rings. The van der Waals surface area contributed by atoms with Gasteiger partial charge in [0.2, 0.25) is 0 Å². The van der Waals surface area contributed by atoms with Crippen LogP contribution in [0.2, 0.25) is 0 Å². The smallest absolute Gasteiger partial charge is 0.102 e. The van der Waals surface area contributed by atoms with Gasteiger partial charge in [-0.3, -0.25) is 0 Å². The Morgan fingerprint density at radius 1 is 1.08 bits per heavy atom. The first-order valence-electron chi connectivity index (χ1n) is 4.52. The summed E-state index contributed by atoms with van der Waals surface area (Å²) in [6.07, 6.45) is 4.62. The molecule has 0 aromatic heterocycles. The molecule has 1 aromatic carbocycles. The molecule has 0 saturated heterocycles. The van der Waals surface area contributed by atoms with Gasteiger partial charge in [0.1, 0.15) is 6.17 Å². The summed E-state index contributed by atoms with van der Waals surface area (Å²) < 4.78 is 0. The van der Waals surface area contributed by atoms with E-state index in [1.807, 2.05) is 6.07 Å². The Bertz CT molecular complexity index is 305. The number of rotatable bonds is 1. The minimum Gasteiger partial charge on any atom is -0.359 e. The molecule has 1 heterocycles. The molecule has 2 nitrogen and oxygen atoms in total. The number of benzene rings is 1. The number of nitrogens with zero attached hydrogens (tertiary/aromatic N) is 2. The summed E-state index contributed by atoms with van der Waals surface area (Å²) in [5.74, 6) is 0. The fraction of sp³-hybridized carbons (Fsp3) is 0.273. The molecule has 1 aliphatic heterocycles. The molecule has 0 bridgehead atoms. The average Bonchev–Trinajstić information content (AvgIpc) is 2.49. The molecule has 13 heavy (non-hydrogen) atoms. The number of hydrogen-bond acceptors (Lipinski definition) is 2. The fourth-order valence-corrected chi connectivity index (χ4v) is 1.52.